The van der Waals surface area contributed by atoms with Crippen LogP contribution in [0, 0.1) is 5.92 Å². The lowest BCUT2D eigenvalue weighted by Crippen LogP contribution is -2.38. The molecule has 1 rings (SSSR count). The minimum atomic E-state index is -0.508. The quantitative estimate of drug-likeness (QED) is 0.388. The molecule has 88 valence electrons. The molecule has 0 radical (unpaired) electrons. The van der Waals surface area contributed by atoms with Gasteiger partial charge in [-0.3, -0.25) is 10.2 Å². The summed E-state index contributed by atoms with van der Waals surface area (Å²) in [7, 11) is 0. The number of hydrazine groups is 1. The molecule has 2 unspecified atom stereocenters. The normalized spacial score (nSPS) is 14.2. The number of nitrogens with one attached hydrogen (secondary N) is 1. The van der Waals surface area contributed by atoms with Crippen LogP contribution in [0.25, 0.3) is 0 Å². The zero-order chi connectivity index (χ0) is 12.0. The topological polar surface area (TPSA) is 75.3 Å². The summed E-state index contributed by atoms with van der Waals surface area (Å²) < 4.78 is 0. The SMILES string of the molecule is CC(O)CC(Cc1ccccc1)C(=O)NN. The van der Waals surface area contributed by atoms with Crippen molar-refractivity contribution in [2.45, 2.75) is 25.9 Å². The summed E-state index contributed by atoms with van der Waals surface area (Å²) in [6.07, 6.45) is 0.498. The van der Waals surface area contributed by atoms with Crippen LogP contribution in [0.15, 0.2) is 30.3 Å². The first-order valence-corrected chi connectivity index (χ1v) is 5.36. The third-order valence-electron chi connectivity index (χ3n) is 2.46. The summed E-state index contributed by atoms with van der Waals surface area (Å²) in [6.45, 7) is 1.67. The number of hydrogen-bond donors (Lipinski definition) is 3. The van der Waals surface area contributed by atoms with E-state index in [9.17, 15) is 9.90 Å². The van der Waals surface area contributed by atoms with Crippen molar-refractivity contribution in [3.63, 3.8) is 0 Å². The van der Waals surface area contributed by atoms with Crippen molar-refractivity contribution in [1.29, 1.82) is 0 Å². The molecule has 0 fully saturated rings. The van der Waals surface area contributed by atoms with Gasteiger partial charge in [0.1, 0.15) is 0 Å². The van der Waals surface area contributed by atoms with Crippen LogP contribution in [-0.2, 0) is 11.2 Å². The molecule has 0 bridgehead atoms. The summed E-state index contributed by atoms with van der Waals surface area (Å²) in [6, 6.07) is 9.69. The lowest BCUT2D eigenvalue weighted by Gasteiger charge is -2.16. The van der Waals surface area contributed by atoms with E-state index in [2.05, 4.69) is 5.43 Å². The number of nitrogens with two attached hydrogens (primary N) is 1. The number of aliphatic hydroxyl groups excluding tert-OH is 1. The van der Waals surface area contributed by atoms with E-state index in [1.54, 1.807) is 6.92 Å². The van der Waals surface area contributed by atoms with Gasteiger partial charge in [-0.05, 0) is 25.3 Å². The molecule has 0 aromatic heterocycles. The molecule has 0 aliphatic heterocycles. The maximum Gasteiger partial charge on any atom is 0.237 e. The van der Waals surface area contributed by atoms with Gasteiger partial charge in [0.2, 0.25) is 5.91 Å². The fourth-order valence-corrected chi connectivity index (χ4v) is 1.71. The summed E-state index contributed by atoms with van der Waals surface area (Å²) >= 11 is 0. The van der Waals surface area contributed by atoms with Crippen molar-refractivity contribution in [1.82, 2.24) is 5.43 Å². The Morgan fingerprint density at radius 1 is 1.44 bits per heavy atom. The predicted octanol–water partition coefficient (Wildman–Crippen LogP) is 0.606. The summed E-state index contributed by atoms with van der Waals surface area (Å²) in [4.78, 5) is 11.5. The van der Waals surface area contributed by atoms with E-state index in [1.807, 2.05) is 30.3 Å². The van der Waals surface area contributed by atoms with Gasteiger partial charge in [-0.2, -0.15) is 0 Å². The highest BCUT2D eigenvalue weighted by Gasteiger charge is 2.19. The highest BCUT2D eigenvalue weighted by Crippen LogP contribution is 2.14. The highest BCUT2D eigenvalue weighted by molar-refractivity contribution is 5.78. The maximum atomic E-state index is 11.5. The first-order chi connectivity index (χ1) is 7.63. The van der Waals surface area contributed by atoms with Crippen LogP contribution >= 0.6 is 0 Å². The smallest absolute Gasteiger partial charge is 0.237 e. The Hall–Kier alpha value is -1.39. The Morgan fingerprint density at radius 3 is 2.56 bits per heavy atom. The van der Waals surface area contributed by atoms with E-state index in [4.69, 9.17) is 5.84 Å². The Kier molecular flexibility index (Phi) is 4.95. The van der Waals surface area contributed by atoms with E-state index >= 15 is 0 Å². The Labute approximate surface area is 95.4 Å². The molecular weight excluding hydrogens is 204 g/mol. The van der Waals surface area contributed by atoms with Gasteiger partial charge in [0.25, 0.3) is 0 Å². The lowest BCUT2D eigenvalue weighted by molar-refractivity contribution is -0.126. The molecule has 1 aromatic rings. The van der Waals surface area contributed by atoms with E-state index in [0.29, 0.717) is 12.8 Å². The van der Waals surface area contributed by atoms with Crippen molar-refractivity contribution >= 4 is 5.91 Å². The largest absolute Gasteiger partial charge is 0.393 e. The molecule has 0 saturated heterocycles. The Morgan fingerprint density at radius 2 is 2.06 bits per heavy atom. The molecule has 1 aromatic carbocycles. The van der Waals surface area contributed by atoms with Gasteiger partial charge in [0.05, 0.1) is 6.10 Å². The van der Waals surface area contributed by atoms with Crippen LogP contribution in [0.5, 0.6) is 0 Å². The van der Waals surface area contributed by atoms with Gasteiger partial charge >= 0.3 is 0 Å². The van der Waals surface area contributed by atoms with E-state index in [-0.39, 0.29) is 11.8 Å². The molecule has 0 heterocycles. The molecule has 0 spiro atoms. The van der Waals surface area contributed by atoms with E-state index < -0.39 is 6.10 Å². The Bertz CT molecular complexity index is 325. The fraction of sp³-hybridized carbons (Fsp3) is 0.417. The monoisotopic (exact) mass is 222 g/mol. The number of amides is 1. The fourth-order valence-electron chi connectivity index (χ4n) is 1.71. The predicted molar refractivity (Wildman–Crippen MR) is 62.3 cm³/mol. The van der Waals surface area contributed by atoms with Gasteiger partial charge in [-0.15, -0.1) is 0 Å². The van der Waals surface area contributed by atoms with Crippen molar-refractivity contribution in [2.24, 2.45) is 11.8 Å². The van der Waals surface area contributed by atoms with Crippen molar-refractivity contribution in [3.05, 3.63) is 35.9 Å². The van der Waals surface area contributed by atoms with Crippen LogP contribution < -0.4 is 11.3 Å². The molecule has 16 heavy (non-hydrogen) atoms. The molecule has 0 aliphatic rings. The standard InChI is InChI=1S/C12H18N2O2/c1-9(15)7-11(12(16)14-13)8-10-5-3-2-4-6-10/h2-6,9,11,15H,7-8,13H2,1H3,(H,14,16). The number of aliphatic hydroxyl groups is 1. The van der Waals surface area contributed by atoms with Gasteiger partial charge in [0.15, 0.2) is 0 Å². The van der Waals surface area contributed by atoms with Crippen LogP contribution in [0.3, 0.4) is 0 Å². The van der Waals surface area contributed by atoms with Crippen LogP contribution in [-0.4, -0.2) is 17.1 Å². The average molecular weight is 222 g/mol. The zero-order valence-corrected chi connectivity index (χ0v) is 9.39. The second kappa shape index (κ2) is 6.25. The second-order valence-electron chi connectivity index (χ2n) is 3.98. The van der Waals surface area contributed by atoms with Crippen LogP contribution in [0.1, 0.15) is 18.9 Å². The van der Waals surface area contributed by atoms with E-state index in [0.717, 1.165) is 5.56 Å². The molecule has 4 nitrogen and oxygen atoms in total. The second-order valence-corrected chi connectivity index (χ2v) is 3.98. The minimum absolute atomic E-state index is 0.232. The van der Waals surface area contributed by atoms with Gasteiger partial charge < -0.3 is 5.11 Å². The van der Waals surface area contributed by atoms with Gasteiger partial charge in [0, 0.05) is 5.92 Å². The Balaban J connectivity index is 2.67. The van der Waals surface area contributed by atoms with Crippen molar-refractivity contribution < 1.29 is 9.90 Å². The molecule has 4 heteroatoms. The first kappa shape index (κ1) is 12.7. The number of benzene rings is 1. The lowest BCUT2D eigenvalue weighted by atomic mass is 9.93. The number of hydrogen-bond acceptors (Lipinski definition) is 3. The van der Waals surface area contributed by atoms with E-state index in [1.165, 1.54) is 0 Å². The minimum Gasteiger partial charge on any atom is -0.393 e. The van der Waals surface area contributed by atoms with Crippen molar-refractivity contribution in [2.75, 3.05) is 0 Å². The maximum absolute atomic E-state index is 11.5. The molecule has 0 aliphatic carbocycles. The number of carbonyl (C=O) groups is 1. The highest BCUT2D eigenvalue weighted by atomic mass is 16.3. The van der Waals surface area contributed by atoms with Crippen LogP contribution in [0.4, 0.5) is 0 Å². The number of carbonyl (C=O) groups excluding carboxylic acids is 1. The molecular formula is C12H18N2O2. The molecule has 4 N–H and O–H groups in total. The summed E-state index contributed by atoms with van der Waals surface area (Å²) in [5.41, 5.74) is 3.21. The summed E-state index contributed by atoms with van der Waals surface area (Å²) in [5.74, 6) is 4.60. The van der Waals surface area contributed by atoms with Crippen molar-refractivity contribution in [3.8, 4) is 0 Å². The third-order valence-corrected chi connectivity index (χ3v) is 2.46. The van der Waals surface area contributed by atoms with Crippen LogP contribution in [0.2, 0.25) is 0 Å². The molecule has 0 saturated carbocycles. The number of rotatable bonds is 5. The third kappa shape index (κ3) is 4.00. The van der Waals surface area contributed by atoms with Gasteiger partial charge in [-0.1, -0.05) is 30.3 Å². The average Bonchev–Trinajstić information content (AvgIpc) is 2.28. The van der Waals surface area contributed by atoms with Gasteiger partial charge in [-0.25, -0.2) is 5.84 Å². The first-order valence-electron chi connectivity index (χ1n) is 5.36. The summed E-state index contributed by atoms with van der Waals surface area (Å²) in [5, 5.41) is 9.32. The molecule has 2 atom stereocenters. The molecule has 1 amide bonds. The zero-order valence-electron chi connectivity index (χ0n) is 9.39.